The molecule has 0 fully saturated rings. The van der Waals surface area contributed by atoms with Crippen molar-refractivity contribution in [1.82, 2.24) is 9.55 Å². The average Bonchev–Trinajstić information content (AvgIpc) is 2.88. The summed E-state index contributed by atoms with van der Waals surface area (Å²) in [6.45, 7) is 3.33. The quantitative estimate of drug-likeness (QED) is 0.490. The molecule has 0 N–H and O–H groups in total. The zero-order valence-electron chi connectivity index (χ0n) is 11.5. The zero-order chi connectivity index (χ0) is 13.5. The monoisotopic (exact) mass is 368 g/mol. The molecule has 0 aliphatic carbocycles. The number of hydrogen-bond acceptors (Lipinski definition) is 1. The highest BCUT2D eigenvalue weighted by Crippen LogP contribution is 2.19. The summed E-state index contributed by atoms with van der Waals surface area (Å²) in [7, 11) is 0. The van der Waals surface area contributed by atoms with Gasteiger partial charge in [-0.2, -0.15) is 0 Å². The van der Waals surface area contributed by atoms with E-state index in [9.17, 15) is 0 Å². The molecule has 2 aromatic rings. The highest BCUT2D eigenvalue weighted by molar-refractivity contribution is 14.1. The van der Waals surface area contributed by atoms with Gasteiger partial charge in [-0.1, -0.05) is 44.7 Å². The van der Waals surface area contributed by atoms with Gasteiger partial charge >= 0.3 is 0 Å². The SMILES string of the molecule is CCCCCCCn1ccnc1-c1ccc(I)cc1. The molecule has 0 aliphatic rings. The van der Waals surface area contributed by atoms with Gasteiger partial charge in [0.1, 0.15) is 5.82 Å². The Morgan fingerprint density at radius 1 is 1.05 bits per heavy atom. The fraction of sp³-hybridized carbons (Fsp3) is 0.438. The van der Waals surface area contributed by atoms with E-state index in [2.05, 4.69) is 69.5 Å². The second-order valence-corrected chi connectivity index (χ2v) is 6.11. The number of nitrogens with zero attached hydrogens (tertiary/aromatic N) is 2. The molecule has 0 saturated heterocycles. The molecule has 2 nitrogen and oxygen atoms in total. The van der Waals surface area contributed by atoms with E-state index in [1.807, 2.05) is 6.20 Å². The first-order valence-electron chi connectivity index (χ1n) is 7.08. The molecule has 0 amide bonds. The molecule has 0 aliphatic heterocycles. The fourth-order valence-electron chi connectivity index (χ4n) is 2.23. The molecule has 0 radical (unpaired) electrons. The van der Waals surface area contributed by atoms with Crippen molar-refractivity contribution in [3.05, 3.63) is 40.2 Å². The van der Waals surface area contributed by atoms with Crippen molar-refractivity contribution in [3.8, 4) is 11.4 Å². The lowest BCUT2D eigenvalue weighted by Crippen LogP contribution is -1.99. The van der Waals surface area contributed by atoms with Crippen LogP contribution in [0.1, 0.15) is 39.0 Å². The number of halogens is 1. The Morgan fingerprint density at radius 3 is 2.53 bits per heavy atom. The third kappa shape index (κ3) is 4.34. The number of aryl methyl sites for hydroxylation is 1. The van der Waals surface area contributed by atoms with Gasteiger partial charge in [-0.3, -0.25) is 0 Å². The van der Waals surface area contributed by atoms with E-state index in [1.165, 1.54) is 41.2 Å². The van der Waals surface area contributed by atoms with E-state index >= 15 is 0 Å². The maximum Gasteiger partial charge on any atom is 0.139 e. The van der Waals surface area contributed by atoms with Gasteiger partial charge in [0, 0.05) is 28.1 Å². The van der Waals surface area contributed by atoms with E-state index in [4.69, 9.17) is 0 Å². The first kappa shape index (κ1) is 14.6. The van der Waals surface area contributed by atoms with E-state index in [0.29, 0.717) is 0 Å². The summed E-state index contributed by atoms with van der Waals surface area (Å²) >= 11 is 2.33. The predicted molar refractivity (Wildman–Crippen MR) is 89.1 cm³/mol. The average molecular weight is 368 g/mol. The number of rotatable bonds is 7. The third-order valence-corrected chi connectivity index (χ3v) is 4.04. The second kappa shape index (κ2) is 7.68. The van der Waals surface area contributed by atoms with Crippen LogP contribution in [0.5, 0.6) is 0 Å². The molecule has 0 saturated carbocycles. The van der Waals surface area contributed by atoms with Crippen LogP contribution in [0.2, 0.25) is 0 Å². The van der Waals surface area contributed by atoms with E-state index < -0.39 is 0 Å². The summed E-state index contributed by atoms with van der Waals surface area (Å²) in [5, 5.41) is 0. The van der Waals surface area contributed by atoms with E-state index in [1.54, 1.807) is 0 Å². The Kier molecular flexibility index (Phi) is 5.89. The first-order valence-corrected chi connectivity index (χ1v) is 8.16. The van der Waals surface area contributed by atoms with Gasteiger partial charge in [0.25, 0.3) is 0 Å². The van der Waals surface area contributed by atoms with Gasteiger partial charge in [0.15, 0.2) is 0 Å². The maximum absolute atomic E-state index is 4.49. The predicted octanol–water partition coefficient (Wildman–Crippen LogP) is 5.13. The molecule has 0 atom stereocenters. The molecule has 0 bridgehead atoms. The molecule has 1 heterocycles. The van der Waals surface area contributed by atoms with Crippen LogP contribution >= 0.6 is 22.6 Å². The van der Waals surface area contributed by atoms with Crippen LogP contribution in [0.4, 0.5) is 0 Å². The van der Waals surface area contributed by atoms with Crippen LogP contribution in [-0.4, -0.2) is 9.55 Å². The van der Waals surface area contributed by atoms with Crippen molar-refractivity contribution < 1.29 is 0 Å². The van der Waals surface area contributed by atoms with Crippen molar-refractivity contribution in [1.29, 1.82) is 0 Å². The lowest BCUT2D eigenvalue weighted by molar-refractivity contribution is 0.571. The molecule has 0 unspecified atom stereocenters. The summed E-state index contributed by atoms with van der Waals surface area (Å²) in [5.41, 5.74) is 1.21. The number of imidazole rings is 1. The molecule has 1 aromatic carbocycles. The second-order valence-electron chi connectivity index (χ2n) is 4.87. The molecular weight excluding hydrogens is 347 g/mol. The summed E-state index contributed by atoms with van der Waals surface area (Å²) in [4.78, 5) is 4.49. The van der Waals surface area contributed by atoms with Gasteiger partial charge < -0.3 is 4.57 Å². The Bertz CT molecular complexity index is 488. The molecule has 0 spiro atoms. The van der Waals surface area contributed by atoms with Gasteiger partial charge in [0.05, 0.1) is 0 Å². The summed E-state index contributed by atoms with van der Waals surface area (Å²) < 4.78 is 3.53. The molecule has 2 rings (SSSR count). The number of unbranched alkanes of at least 4 members (excludes halogenated alkanes) is 4. The normalized spacial score (nSPS) is 10.8. The molecule has 1 aromatic heterocycles. The van der Waals surface area contributed by atoms with Gasteiger partial charge in [-0.05, 0) is 41.1 Å². The van der Waals surface area contributed by atoms with Gasteiger partial charge in [0.2, 0.25) is 0 Å². The standard InChI is InChI=1S/C16H21IN2/c1-2-3-4-5-6-12-19-13-11-18-16(19)14-7-9-15(17)10-8-14/h7-11,13H,2-6,12H2,1H3. The Balaban J connectivity index is 1.96. The minimum Gasteiger partial charge on any atom is -0.331 e. The van der Waals surface area contributed by atoms with E-state index in [0.717, 1.165) is 12.4 Å². The van der Waals surface area contributed by atoms with Gasteiger partial charge in [-0.25, -0.2) is 4.98 Å². The minimum absolute atomic E-state index is 1.07. The summed E-state index contributed by atoms with van der Waals surface area (Å²) in [6, 6.07) is 8.57. The smallest absolute Gasteiger partial charge is 0.139 e. The van der Waals surface area contributed by atoms with Crippen LogP contribution in [-0.2, 0) is 6.54 Å². The van der Waals surface area contributed by atoms with Gasteiger partial charge in [-0.15, -0.1) is 0 Å². The van der Waals surface area contributed by atoms with Crippen molar-refractivity contribution in [3.63, 3.8) is 0 Å². The summed E-state index contributed by atoms with van der Waals surface area (Å²) in [5.74, 6) is 1.09. The maximum atomic E-state index is 4.49. The largest absolute Gasteiger partial charge is 0.331 e. The lowest BCUT2D eigenvalue weighted by atomic mass is 10.1. The Morgan fingerprint density at radius 2 is 1.79 bits per heavy atom. The zero-order valence-corrected chi connectivity index (χ0v) is 13.6. The highest BCUT2D eigenvalue weighted by Gasteiger charge is 2.05. The number of aromatic nitrogens is 2. The molecule has 19 heavy (non-hydrogen) atoms. The molecule has 102 valence electrons. The van der Waals surface area contributed by atoms with Crippen molar-refractivity contribution in [2.75, 3.05) is 0 Å². The molecule has 3 heteroatoms. The van der Waals surface area contributed by atoms with Crippen molar-refractivity contribution >= 4 is 22.6 Å². The third-order valence-electron chi connectivity index (χ3n) is 3.32. The fourth-order valence-corrected chi connectivity index (χ4v) is 2.59. The van der Waals surface area contributed by atoms with Crippen LogP contribution in [0, 0.1) is 3.57 Å². The Hall–Kier alpha value is -0.840. The van der Waals surface area contributed by atoms with Crippen LogP contribution < -0.4 is 0 Å². The van der Waals surface area contributed by atoms with Crippen LogP contribution in [0.3, 0.4) is 0 Å². The van der Waals surface area contributed by atoms with Crippen molar-refractivity contribution in [2.45, 2.75) is 45.6 Å². The Labute approximate surface area is 129 Å². The van der Waals surface area contributed by atoms with E-state index in [-0.39, 0.29) is 0 Å². The first-order chi connectivity index (χ1) is 9.31. The van der Waals surface area contributed by atoms with Crippen molar-refractivity contribution in [2.24, 2.45) is 0 Å². The minimum atomic E-state index is 1.07. The topological polar surface area (TPSA) is 17.8 Å². The number of hydrogen-bond donors (Lipinski definition) is 0. The molecular formula is C16H21IN2. The van der Waals surface area contributed by atoms with Crippen LogP contribution in [0.25, 0.3) is 11.4 Å². The lowest BCUT2D eigenvalue weighted by Gasteiger charge is -2.08. The number of benzene rings is 1. The summed E-state index contributed by atoms with van der Waals surface area (Å²) in [6.07, 6.45) is 10.6. The highest BCUT2D eigenvalue weighted by atomic mass is 127. The van der Waals surface area contributed by atoms with Crippen LogP contribution in [0.15, 0.2) is 36.7 Å².